The van der Waals surface area contributed by atoms with E-state index in [1.54, 1.807) is 0 Å². The molecule has 1 aromatic rings. The van der Waals surface area contributed by atoms with Crippen LogP contribution in [0.1, 0.15) is 27.6 Å². The number of amides is 2. The number of carboxylic acid groups (broad SMARTS) is 1. The zero-order valence-electron chi connectivity index (χ0n) is 9.14. The van der Waals surface area contributed by atoms with Crippen LogP contribution >= 0.6 is 0 Å². The lowest BCUT2D eigenvalue weighted by Crippen LogP contribution is -2.38. The van der Waals surface area contributed by atoms with Gasteiger partial charge in [-0.25, -0.2) is 0 Å². The SMILES string of the molecule is C[C@H](NC(=O)c1cccc(C(N)=O)c1)C(=O)O. The fourth-order valence-corrected chi connectivity index (χ4v) is 1.16. The van der Waals surface area contributed by atoms with Crippen LogP contribution in [0.25, 0.3) is 0 Å². The smallest absolute Gasteiger partial charge is 0.325 e. The Hall–Kier alpha value is -2.37. The van der Waals surface area contributed by atoms with E-state index in [2.05, 4.69) is 5.32 Å². The average molecular weight is 236 g/mol. The molecule has 0 aliphatic rings. The lowest BCUT2D eigenvalue weighted by Gasteiger charge is -2.09. The summed E-state index contributed by atoms with van der Waals surface area (Å²) in [6.07, 6.45) is 0. The second kappa shape index (κ2) is 5.11. The number of carboxylic acids is 1. The van der Waals surface area contributed by atoms with Gasteiger partial charge in [-0.3, -0.25) is 14.4 Å². The summed E-state index contributed by atoms with van der Waals surface area (Å²) in [6, 6.07) is 4.75. The second-order valence-corrected chi connectivity index (χ2v) is 3.48. The molecule has 1 atom stereocenters. The molecule has 0 saturated heterocycles. The van der Waals surface area contributed by atoms with Gasteiger partial charge in [-0.1, -0.05) is 6.07 Å². The van der Waals surface area contributed by atoms with E-state index in [0.717, 1.165) is 0 Å². The third-order valence-corrected chi connectivity index (χ3v) is 2.13. The summed E-state index contributed by atoms with van der Waals surface area (Å²) in [5.74, 6) is -2.35. The fourth-order valence-electron chi connectivity index (χ4n) is 1.16. The highest BCUT2D eigenvalue weighted by Crippen LogP contribution is 2.05. The molecule has 1 rings (SSSR count). The van der Waals surface area contributed by atoms with Crippen LogP contribution in [0.5, 0.6) is 0 Å². The number of hydrogen-bond acceptors (Lipinski definition) is 3. The maximum absolute atomic E-state index is 11.6. The lowest BCUT2D eigenvalue weighted by atomic mass is 10.1. The molecule has 4 N–H and O–H groups in total. The highest BCUT2D eigenvalue weighted by molar-refractivity contribution is 6.00. The number of nitrogens with one attached hydrogen (secondary N) is 1. The van der Waals surface area contributed by atoms with Crippen LogP contribution in [0.2, 0.25) is 0 Å². The van der Waals surface area contributed by atoms with Crippen LogP contribution in [-0.2, 0) is 4.79 Å². The Morgan fingerprint density at radius 2 is 1.88 bits per heavy atom. The normalized spacial score (nSPS) is 11.6. The van der Waals surface area contributed by atoms with Gasteiger partial charge in [0.05, 0.1) is 0 Å². The van der Waals surface area contributed by atoms with Crippen LogP contribution in [0.4, 0.5) is 0 Å². The number of aliphatic carboxylic acids is 1. The molecular formula is C11H12N2O4. The third kappa shape index (κ3) is 3.30. The summed E-state index contributed by atoms with van der Waals surface area (Å²) in [5, 5.41) is 10.9. The zero-order chi connectivity index (χ0) is 13.0. The summed E-state index contributed by atoms with van der Waals surface area (Å²) in [6.45, 7) is 1.35. The van der Waals surface area contributed by atoms with Crippen LogP contribution in [-0.4, -0.2) is 28.9 Å². The van der Waals surface area contributed by atoms with Gasteiger partial charge in [-0.15, -0.1) is 0 Å². The van der Waals surface area contributed by atoms with E-state index >= 15 is 0 Å². The van der Waals surface area contributed by atoms with Crippen molar-refractivity contribution in [2.45, 2.75) is 13.0 Å². The quantitative estimate of drug-likeness (QED) is 0.682. The van der Waals surface area contributed by atoms with Crippen molar-refractivity contribution in [1.82, 2.24) is 5.32 Å². The molecule has 0 aromatic heterocycles. The molecule has 0 aliphatic carbocycles. The molecule has 0 radical (unpaired) electrons. The van der Waals surface area contributed by atoms with Gasteiger partial charge in [0.1, 0.15) is 6.04 Å². The summed E-state index contributed by atoms with van der Waals surface area (Å²) < 4.78 is 0. The molecule has 1 aromatic carbocycles. The van der Waals surface area contributed by atoms with Crippen molar-refractivity contribution in [2.75, 3.05) is 0 Å². The van der Waals surface area contributed by atoms with E-state index in [1.165, 1.54) is 31.2 Å². The molecule has 0 spiro atoms. The van der Waals surface area contributed by atoms with Crippen LogP contribution in [0, 0.1) is 0 Å². The maximum atomic E-state index is 11.6. The summed E-state index contributed by atoms with van der Waals surface area (Å²) in [7, 11) is 0. The Balaban J connectivity index is 2.86. The van der Waals surface area contributed by atoms with Crippen molar-refractivity contribution < 1.29 is 19.5 Å². The Morgan fingerprint density at radius 1 is 1.29 bits per heavy atom. The molecule has 0 unspecified atom stereocenters. The first-order valence-electron chi connectivity index (χ1n) is 4.85. The number of carbonyl (C=O) groups excluding carboxylic acids is 2. The minimum Gasteiger partial charge on any atom is -0.480 e. The summed E-state index contributed by atoms with van der Waals surface area (Å²) >= 11 is 0. The van der Waals surface area contributed by atoms with E-state index in [1.807, 2.05) is 0 Å². The predicted octanol–water partition coefficient (Wildman–Crippen LogP) is -0.0116. The van der Waals surface area contributed by atoms with Gasteiger partial charge in [0.2, 0.25) is 5.91 Å². The Bertz CT molecular complexity index is 470. The number of nitrogens with two attached hydrogens (primary N) is 1. The van der Waals surface area contributed by atoms with E-state index in [0.29, 0.717) is 0 Å². The third-order valence-electron chi connectivity index (χ3n) is 2.13. The van der Waals surface area contributed by atoms with Crippen molar-refractivity contribution >= 4 is 17.8 Å². The average Bonchev–Trinajstić information content (AvgIpc) is 2.28. The van der Waals surface area contributed by atoms with Crippen molar-refractivity contribution in [3.8, 4) is 0 Å². The summed E-state index contributed by atoms with van der Waals surface area (Å²) in [4.78, 5) is 33.1. The number of primary amides is 1. The van der Waals surface area contributed by atoms with Gasteiger partial charge in [-0.2, -0.15) is 0 Å². The van der Waals surface area contributed by atoms with Gasteiger partial charge in [0, 0.05) is 11.1 Å². The first kappa shape index (κ1) is 12.7. The largest absolute Gasteiger partial charge is 0.480 e. The predicted molar refractivity (Wildman–Crippen MR) is 59.5 cm³/mol. The molecule has 90 valence electrons. The van der Waals surface area contributed by atoms with Crippen molar-refractivity contribution in [2.24, 2.45) is 5.73 Å². The Kier molecular flexibility index (Phi) is 3.82. The molecule has 0 heterocycles. The van der Waals surface area contributed by atoms with Crippen LogP contribution in [0.15, 0.2) is 24.3 Å². The second-order valence-electron chi connectivity index (χ2n) is 3.48. The minimum absolute atomic E-state index is 0.189. The Morgan fingerprint density at radius 3 is 2.41 bits per heavy atom. The maximum Gasteiger partial charge on any atom is 0.325 e. The fraction of sp³-hybridized carbons (Fsp3) is 0.182. The van der Waals surface area contributed by atoms with Gasteiger partial charge in [-0.05, 0) is 25.1 Å². The van der Waals surface area contributed by atoms with Gasteiger partial charge < -0.3 is 16.2 Å². The minimum atomic E-state index is -1.13. The molecule has 6 nitrogen and oxygen atoms in total. The number of hydrogen-bond donors (Lipinski definition) is 3. The number of carbonyl (C=O) groups is 3. The van der Waals surface area contributed by atoms with Crippen LogP contribution in [0.3, 0.4) is 0 Å². The zero-order valence-corrected chi connectivity index (χ0v) is 9.14. The highest BCUT2D eigenvalue weighted by atomic mass is 16.4. The van der Waals surface area contributed by atoms with Gasteiger partial charge >= 0.3 is 5.97 Å². The number of rotatable bonds is 4. The molecule has 6 heteroatoms. The van der Waals surface area contributed by atoms with Crippen LogP contribution < -0.4 is 11.1 Å². The lowest BCUT2D eigenvalue weighted by molar-refractivity contribution is -0.138. The van der Waals surface area contributed by atoms with Gasteiger partial charge in [0.25, 0.3) is 5.91 Å². The first-order valence-corrected chi connectivity index (χ1v) is 4.85. The highest BCUT2D eigenvalue weighted by Gasteiger charge is 2.15. The van der Waals surface area contributed by atoms with E-state index < -0.39 is 23.8 Å². The molecule has 0 bridgehead atoms. The van der Waals surface area contributed by atoms with E-state index in [4.69, 9.17) is 10.8 Å². The van der Waals surface area contributed by atoms with E-state index in [9.17, 15) is 14.4 Å². The summed E-state index contributed by atoms with van der Waals surface area (Å²) in [5.41, 5.74) is 5.45. The van der Waals surface area contributed by atoms with Crippen molar-refractivity contribution in [3.05, 3.63) is 35.4 Å². The Labute approximate surface area is 97.4 Å². The molecule has 2 amide bonds. The topological polar surface area (TPSA) is 109 Å². The standard InChI is InChI=1S/C11H12N2O4/c1-6(11(16)17)13-10(15)8-4-2-3-7(5-8)9(12)14/h2-6H,1H3,(H2,12,14)(H,13,15)(H,16,17)/t6-/m0/s1. The van der Waals surface area contributed by atoms with E-state index in [-0.39, 0.29) is 11.1 Å². The monoisotopic (exact) mass is 236 g/mol. The van der Waals surface area contributed by atoms with Gasteiger partial charge in [0.15, 0.2) is 0 Å². The number of benzene rings is 1. The molecule has 17 heavy (non-hydrogen) atoms. The molecule has 0 saturated carbocycles. The van der Waals surface area contributed by atoms with Crippen molar-refractivity contribution in [3.63, 3.8) is 0 Å². The molecule has 0 aliphatic heterocycles. The molecule has 0 fully saturated rings. The van der Waals surface area contributed by atoms with Crippen molar-refractivity contribution in [1.29, 1.82) is 0 Å². The first-order chi connectivity index (χ1) is 7.91. The molecular weight excluding hydrogens is 224 g/mol.